The Hall–Kier alpha value is -3.16. The van der Waals surface area contributed by atoms with Crippen molar-refractivity contribution in [3.05, 3.63) is 53.4 Å². The molecule has 1 heterocycles. The number of halogens is 2. The molecule has 0 aliphatic rings. The third-order valence-electron chi connectivity index (χ3n) is 4.29. The highest BCUT2D eigenvalue weighted by molar-refractivity contribution is 5.98. The van der Waals surface area contributed by atoms with Crippen molar-refractivity contribution in [3.63, 3.8) is 0 Å². The van der Waals surface area contributed by atoms with Crippen LogP contribution in [-0.4, -0.2) is 36.2 Å². The van der Waals surface area contributed by atoms with E-state index in [0.717, 1.165) is 11.6 Å². The van der Waals surface area contributed by atoms with Crippen molar-refractivity contribution in [2.24, 2.45) is 7.05 Å². The second kappa shape index (κ2) is 7.61. The lowest BCUT2D eigenvalue weighted by Gasteiger charge is -2.13. The second-order valence-corrected chi connectivity index (χ2v) is 5.88. The highest BCUT2D eigenvalue weighted by Gasteiger charge is 2.21. The fourth-order valence-electron chi connectivity index (χ4n) is 2.94. The van der Waals surface area contributed by atoms with E-state index in [-0.39, 0.29) is 29.4 Å². The number of rotatable bonds is 6. The molecule has 0 spiro atoms. The molecule has 0 aliphatic heterocycles. The number of imidazole rings is 1. The average molecular weight is 375 g/mol. The number of amides is 1. The lowest BCUT2D eigenvalue weighted by Crippen LogP contribution is -2.27. The molecule has 2 aromatic carbocycles. The number of carbonyl (C=O) groups is 1. The normalized spacial score (nSPS) is 10.9. The molecule has 0 aliphatic carbocycles. The number of nitrogens with zero attached hydrogens (tertiary/aromatic N) is 2. The van der Waals surface area contributed by atoms with E-state index in [0.29, 0.717) is 17.8 Å². The molecule has 0 bridgehead atoms. The van der Waals surface area contributed by atoms with Crippen LogP contribution >= 0.6 is 0 Å². The van der Waals surface area contributed by atoms with Crippen LogP contribution in [0.3, 0.4) is 0 Å². The molecule has 8 heteroatoms. The SMILES string of the molecule is COc1ccc(F)c(C(=O)NCCc2nc3cc(F)ccc3n2C)c1OC. The summed E-state index contributed by atoms with van der Waals surface area (Å²) in [6, 6.07) is 6.91. The van der Waals surface area contributed by atoms with Crippen molar-refractivity contribution in [1.29, 1.82) is 0 Å². The summed E-state index contributed by atoms with van der Waals surface area (Å²) in [5, 5.41) is 2.66. The third kappa shape index (κ3) is 3.55. The standard InChI is InChI=1S/C19H19F2N3O3/c1-24-14-6-4-11(20)10-13(14)23-16(24)8-9-22-19(25)17-12(21)5-7-15(26-2)18(17)27-3/h4-7,10H,8-9H2,1-3H3,(H,22,25). The summed E-state index contributed by atoms with van der Waals surface area (Å²) >= 11 is 0. The molecule has 0 saturated carbocycles. The van der Waals surface area contributed by atoms with Gasteiger partial charge < -0.3 is 19.4 Å². The summed E-state index contributed by atoms with van der Waals surface area (Å²) in [6.07, 6.45) is 0.395. The molecular weight excluding hydrogens is 356 g/mol. The van der Waals surface area contributed by atoms with Crippen LogP contribution in [-0.2, 0) is 13.5 Å². The highest BCUT2D eigenvalue weighted by atomic mass is 19.1. The van der Waals surface area contributed by atoms with Gasteiger partial charge in [-0.3, -0.25) is 4.79 Å². The Bertz CT molecular complexity index is 1000. The molecule has 142 valence electrons. The minimum Gasteiger partial charge on any atom is -0.493 e. The van der Waals surface area contributed by atoms with Crippen molar-refractivity contribution in [3.8, 4) is 11.5 Å². The smallest absolute Gasteiger partial charge is 0.258 e. The Morgan fingerprint density at radius 3 is 2.67 bits per heavy atom. The molecule has 1 N–H and O–H groups in total. The predicted octanol–water partition coefficient (Wildman–Crippen LogP) is 2.84. The number of hydrogen-bond acceptors (Lipinski definition) is 4. The number of aryl methyl sites for hydroxylation is 1. The zero-order valence-electron chi connectivity index (χ0n) is 15.2. The molecule has 3 aromatic rings. The number of fused-ring (bicyclic) bond motifs is 1. The number of ether oxygens (including phenoxy) is 2. The maximum Gasteiger partial charge on any atom is 0.258 e. The van der Waals surface area contributed by atoms with Crippen LogP contribution in [0.2, 0.25) is 0 Å². The average Bonchev–Trinajstić information content (AvgIpc) is 2.96. The zero-order valence-corrected chi connectivity index (χ0v) is 15.2. The Kier molecular flexibility index (Phi) is 5.25. The summed E-state index contributed by atoms with van der Waals surface area (Å²) < 4.78 is 39.5. The van der Waals surface area contributed by atoms with Crippen LogP contribution in [0, 0.1) is 11.6 Å². The van der Waals surface area contributed by atoms with Gasteiger partial charge in [0.2, 0.25) is 0 Å². The van der Waals surface area contributed by atoms with Gasteiger partial charge in [0.05, 0.1) is 25.3 Å². The van der Waals surface area contributed by atoms with Crippen molar-refractivity contribution >= 4 is 16.9 Å². The molecule has 0 atom stereocenters. The van der Waals surface area contributed by atoms with Crippen molar-refractivity contribution in [1.82, 2.24) is 14.9 Å². The summed E-state index contributed by atoms with van der Waals surface area (Å²) in [4.78, 5) is 16.8. The van der Waals surface area contributed by atoms with E-state index in [2.05, 4.69) is 10.3 Å². The Balaban J connectivity index is 1.75. The van der Waals surface area contributed by atoms with Crippen LogP contribution in [0.25, 0.3) is 11.0 Å². The maximum atomic E-state index is 14.1. The number of carbonyl (C=O) groups excluding carboxylic acids is 1. The molecule has 0 saturated heterocycles. The maximum absolute atomic E-state index is 14.1. The van der Waals surface area contributed by atoms with Gasteiger partial charge in [0.25, 0.3) is 5.91 Å². The summed E-state index contributed by atoms with van der Waals surface area (Å²) in [7, 11) is 4.56. The second-order valence-electron chi connectivity index (χ2n) is 5.88. The van der Waals surface area contributed by atoms with E-state index < -0.39 is 11.7 Å². The van der Waals surface area contributed by atoms with Gasteiger partial charge in [-0.25, -0.2) is 13.8 Å². The van der Waals surface area contributed by atoms with Gasteiger partial charge in [-0.15, -0.1) is 0 Å². The fourth-order valence-corrected chi connectivity index (χ4v) is 2.94. The van der Waals surface area contributed by atoms with Crippen molar-refractivity contribution < 1.29 is 23.0 Å². The van der Waals surface area contributed by atoms with Gasteiger partial charge >= 0.3 is 0 Å². The molecular formula is C19H19F2N3O3. The van der Waals surface area contributed by atoms with Crippen LogP contribution in [0.1, 0.15) is 16.2 Å². The molecule has 1 amide bonds. The first-order valence-corrected chi connectivity index (χ1v) is 8.25. The van der Waals surface area contributed by atoms with Gasteiger partial charge in [0.1, 0.15) is 23.0 Å². The van der Waals surface area contributed by atoms with Crippen molar-refractivity contribution in [2.75, 3.05) is 20.8 Å². The van der Waals surface area contributed by atoms with E-state index in [9.17, 15) is 13.6 Å². The lowest BCUT2D eigenvalue weighted by atomic mass is 10.1. The topological polar surface area (TPSA) is 65.4 Å². The predicted molar refractivity (Wildman–Crippen MR) is 96.2 cm³/mol. The van der Waals surface area contributed by atoms with Gasteiger partial charge in [0, 0.05) is 26.1 Å². The number of hydrogen-bond donors (Lipinski definition) is 1. The van der Waals surface area contributed by atoms with E-state index >= 15 is 0 Å². The minimum atomic E-state index is -0.705. The van der Waals surface area contributed by atoms with Crippen LogP contribution in [0.5, 0.6) is 11.5 Å². The first-order valence-electron chi connectivity index (χ1n) is 8.25. The largest absolute Gasteiger partial charge is 0.493 e. The van der Waals surface area contributed by atoms with E-state index in [4.69, 9.17) is 9.47 Å². The van der Waals surface area contributed by atoms with E-state index in [1.165, 1.54) is 32.4 Å². The van der Waals surface area contributed by atoms with Crippen molar-refractivity contribution in [2.45, 2.75) is 6.42 Å². The molecule has 1 aromatic heterocycles. The summed E-state index contributed by atoms with van der Waals surface area (Å²) in [5.74, 6) is -0.707. The monoisotopic (exact) mass is 375 g/mol. The molecule has 3 rings (SSSR count). The van der Waals surface area contributed by atoms with Crippen LogP contribution < -0.4 is 14.8 Å². The first kappa shape index (κ1) is 18.6. The number of methoxy groups -OCH3 is 2. The number of nitrogens with one attached hydrogen (secondary N) is 1. The molecule has 0 unspecified atom stereocenters. The van der Waals surface area contributed by atoms with E-state index in [1.807, 2.05) is 11.6 Å². The lowest BCUT2D eigenvalue weighted by molar-refractivity contribution is 0.0946. The third-order valence-corrected chi connectivity index (χ3v) is 4.29. The van der Waals surface area contributed by atoms with Gasteiger partial charge in [-0.2, -0.15) is 0 Å². The molecule has 0 radical (unpaired) electrons. The van der Waals surface area contributed by atoms with Gasteiger partial charge in [-0.1, -0.05) is 0 Å². The Morgan fingerprint density at radius 1 is 1.19 bits per heavy atom. The van der Waals surface area contributed by atoms with Crippen LogP contribution in [0.4, 0.5) is 8.78 Å². The Morgan fingerprint density at radius 2 is 1.96 bits per heavy atom. The van der Waals surface area contributed by atoms with Gasteiger partial charge in [0.15, 0.2) is 11.5 Å². The molecule has 0 fully saturated rings. The molecule has 27 heavy (non-hydrogen) atoms. The number of aromatic nitrogens is 2. The first-order chi connectivity index (χ1) is 13.0. The van der Waals surface area contributed by atoms with Crippen LogP contribution in [0.15, 0.2) is 30.3 Å². The fraction of sp³-hybridized carbons (Fsp3) is 0.263. The highest BCUT2D eigenvalue weighted by Crippen LogP contribution is 2.32. The Labute approximate surface area is 154 Å². The van der Waals surface area contributed by atoms with Gasteiger partial charge in [-0.05, 0) is 24.3 Å². The minimum absolute atomic E-state index is 0.0354. The van der Waals surface area contributed by atoms with E-state index in [1.54, 1.807) is 6.07 Å². The number of benzene rings is 2. The molecule has 6 nitrogen and oxygen atoms in total. The summed E-state index contributed by atoms with van der Waals surface area (Å²) in [6.45, 7) is 0.221. The summed E-state index contributed by atoms with van der Waals surface area (Å²) in [5.41, 5.74) is 1.11. The quantitative estimate of drug-likeness (QED) is 0.720. The zero-order chi connectivity index (χ0) is 19.6.